The van der Waals surface area contributed by atoms with E-state index in [1.807, 2.05) is 39.2 Å². The van der Waals surface area contributed by atoms with Crippen LogP contribution in [0.5, 0.6) is 11.5 Å². The monoisotopic (exact) mass is 342 g/mol. The van der Waals surface area contributed by atoms with Crippen molar-refractivity contribution in [2.45, 2.75) is 32.5 Å². The van der Waals surface area contributed by atoms with Gasteiger partial charge in [-0.1, -0.05) is 0 Å². The summed E-state index contributed by atoms with van der Waals surface area (Å²) in [7, 11) is 4.05. The van der Waals surface area contributed by atoms with Crippen LogP contribution in [-0.4, -0.2) is 58.2 Å². The Balaban J connectivity index is 1.57. The second-order valence-corrected chi connectivity index (χ2v) is 6.90. The van der Waals surface area contributed by atoms with Gasteiger partial charge in [-0.05, 0) is 45.6 Å². The van der Waals surface area contributed by atoms with Gasteiger partial charge in [-0.2, -0.15) is 0 Å². The lowest BCUT2D eigenvalue weighted by Gasteiger charge is -2.18. The molecule has 6 nitrogen and oxygen atoms in total. The summed E-state index contributed by atoms with van der Waals surface area (Å²) in [5, 5.41) is 9.97. The molecular formula is C19H26N4O2. The van der Waals surface area contributed by atoms with Crippen LogP contribution in [0.2, 0.25) is 0 Å². The Morgan fingerprint density at radius 1 is 1.32 bits per heavy atom. The molecule has 25 heavy (non-hydrogen) atoms. The maximum Gasteiger partial charge on any atom is 0.138 e. The Labute approximate surface area is 149 Å². The molecule has 1 unspecified atom stereocenters. The van der Waals surface area contributed by atoms with Crippen LogP contribution in [0.3, 0.4) is 0 Å². The van der Waals surface area contributed by atoms with Crippen molar-refractivity contribution in [1.29, 1.82) is 0 Å². The SMILES string of the molecule is Cc1ccc(O)c(CN2CCC(Oc3ccnc(CN(C)C)c3)C2)n1. The number of aromatic nitrogens is 2. The summed E-state index contributed by atoms with van der Waals surface area (Å²) in [6.45, 7) is 5.16. The largest absolute Gasteiger partial charge is 0.506 e. The second-order valence-electron chi connectivity index (χ2n) is 6.90. The van der Waals surface area contributed by atoms with Crippen LogP contribution in [0.15, 0.2) is 30.5 Å². The second kappa shape index (κ2) is 7.80. The molecule has 1 saturated heterocycles. The van der Waals surface area contributed by atoms with Gasteiger partial charge >= 0.3 is 0 Å². The van der Waals surface area contributed by atoms with Crippen molar-refractivity contribution in [3.63, 3.8) is 0 Å². The zero-order chi connectivity index (χ0) is 17.8. The lowest BCUT2D eigenvalue weighted by atomic mass is 10.2. The maximum atomic E-state index is 9.97. The minimum Gasteiger partial charge on any atom is -0.506 e. The quantitative estimate of drug-likeness (QED) is 0.868. The Hall–Kier alpha value is -2.18. The minimum absolute atomic E-state index is 0.154. The van der Waals surface area contributed by atoms with Gasteiger partial charge in [0.1, 0.15) is 17.6 Å². The highest BCUT2D eigenvalue weighted by Crippen LogP contribution is 2.22. The molecule has 0 radical (unpaired) electrons. The molecule has 0 saturated carbocycles. The van der Waals surface area contributed by atoms with E-state index >= 15 is 0 Å². The molecule has 1 atom stereocenters. The normalized spacial score (nSPS) is 18.0. The smallest absolute Gasteiger partial charge is 0.138 e. The third-order valence-electron chi connectivity index (χ3n) is 4.26. The summed E-state index contributed by atoms with van der Waals surface area (Å²) in [6, 6.07) is 7.46. The van der Waals surface area contributed by atoms with E-state index < -0.39 is 0 Å². The molecule has 1 N–H and O–H groups in total. The fourth-order valence-corrected chi connectivity index (χ4v) is 3.10. The van der Waals surface area contributed by atoms with Crippen molar-refractivity contribution in [3.8, 4) is 11.5 Å². The van der Waals surface area contributed by atoms with Gasteiger partial charge in [0.05, 0.1) is 11.4 Å². The molecule has 0 spiro atoms. The van der Waals surface area contributed by atoms with Crippen LogP contribution in [0.1, 0.15) is 23.5 Å². The molecule has 0 amide bonds. The first-order chi connectivity index (χ1) is 12.0. The number of hydrogen-bond acceptors (Lipinski definition) is 6. The summed E-state index contributed by atoms with van der Waals surface area (Å²) in [5.41, 5.74) is 2.66. The van der Waals surface area contributed by atoms with Gasteiger partial charge in [0.2, 0.25) is 0 Å². The number of hydrogen-bond donors (Lipinski definition) is 1. The van der Waals surface area contributed by atoms with E-state index in [2.05, 4.69) is 19.8 Å². The fourth-order valence-electron chi connectivity index (χ4n) is 3.10. The van der Waals surface area contributed by atoms with E-state index in [1.165, 1.54) is 0 Å². The van der Waals surface area contributed by atoms with Gasteiger partial charge in [-0.3, -0.25) is 14.9 Å². The van der Waals surface area contributed by atoms with Gasteiger partial charge < -0.3 is 14.7 Å². The molecule has 1 aliphatic heterocycles. The van der Waals surface area contributed by atoms with E-state index in [1.54, 1.807) is 12.3 Å². The average Bonchev–Trinajstić information content (AvgIpc) is 2.98. The molecule has 1 aliphatic rings. The molecule has 2 aromatic rings. The van der Waals surface area contributed by atoms with Crippen molar-refractivity contribution in [2.75, 3.05) is 27.2 Å². The summed E-state index contributed by atoms with van der Waals surface area (Å²) in [5.74, 6) is 1.13. The van der Waals surface area contributed by atoms with Gasteiger partial charge in [-0.25, -0.2) is 0 Å². The first-order valence-corrected chi connectivity index (χ1v) is 8.64. The number of nitrogens with zero attached hydrogens (tertiary/aromatic N) is 4. The maximum absolute atomic E-state index is 9.97. The van der Waals surface area contributed by atoms with Gasteiger partial charge in [0, 0.05) is 44.1 Å². The Morgan fingerprint density at radius 2 is 2.16 bits per heavy atom. The molecule has 0 bridgehead atoms. The van der Waals surface area contributed by atoms with Crippen molar-refractivity contribution >= 4 is 0 Å². The highest BCUT2D eigenvalue weighted by molar-refractivity contribution is 5.27. The van der Waals surface area contributed by atoms with E-state index in [4.69, 9.17) is 4.74 Å². The summed E-state index contributed by atoms with van der Waals surface area (Å²) in [6.07, 6.45) is 2.93. The molecule has 134 valence electrons. The molecule has 2 aromatic heterocycles. The van der Waals surface area contributed by atoms with E-state index in [-0.39, 0.29) is 11.9 Å². The summed E-state index contributed by atoms with van der Waals surface area (Å²) < 4.78 is 6.14. The van der Waals surface area contributed by atoms with Crippen LogP contribution in [-0.2, 0) is 13.1 Å². The topological polar surface area (TPSA) is 61.7 Å². The van der Waals surface area contributed by atoms with Crippen LogP contribution in [0, 0.1) is 6.92 Å². The molecule has 0 aromatic carbocycles. The van der Waals surface area contributed by atoms with E-state index in [0.29, 0.717) is 6.54 Å². The minimum atomic E-state index is 0.154. The third-order valence-corrected chi connectivity index (χ3v) is 4.26. The molecule has 6 heteroatoms. The van der Waals surface area contributed by atoms with Crippen molar-refractivity contribution in [3.05, 3.63) is 47.5 Å². The lowest BCUT2D eigenvalue weighted by Crippen LogP contribution is -2.25. The third kappa shape index (κ3) is 4.90. The van der Waals surface area contributed by atoms with Crippen LogP contribution in [0.4, 0.5) is 0 Å². The molecule has 1 fully saturated rings. The number of aryl methyl sites for hydroxylation is 1. The first kappa shape index (κ1) is 17.6. The predicted octanol–water partition coefficient (Wildman–Crippen LogP) is 2.21. The molecule has 0 aliphatic carbocycles. The zero-order valence-electron chi connectivity index (χ0n) is 15.1. The highest BCUT2D eigenvalue weighted by Gasteiger charge is 2.25. The summed E-state index contributed by atoms with van der Waals surface area (Å²) >= 11 is 0. The highest BCUT2D eigenvalue weighted by atomic mass is 16.5. The predicted molar refractivity (Wildman–Crippen MR) is 96.6 cm³/mol. The van der Waals surface area contributed by atoms with Crippen molar-refractivity contribution in [1.82, 2.24) is 19.8 Å². The number of rotatable bonds is 6. The van der Waals surface area contributed by atoms with Gasteiger partial charge in [0.15, 0.2) is 0 Å². The molecular weight excluding hydrogens is 316 g/mol. The Morgan fingerprint density at radius 3 is 2.96 bits per heavy atom. The molecule has 3 rings (SSSR count). The molecule has 3 heterocycles. The standard InChI is InChI=1S/C19H26N4O2/c1-14-4-5-19(24)18(21-14)13-23-9-7-17(12-23)25-16-6-8-20-15(10-16)11-22(2)3/h4-6,8,10,17,24H,7,9,11-13H2,1-3H3. The van der Waals surface area contributed by atoms with Crippen LogP contribution >= 0.6 is 0 Å². The zero-order valence-corrected chi connectivity index (χ0v) is 15.1. The number of aromatic hydroxyl groups is 1. The van der Waals surface area contributed by atoms with Crippen LogP contribution in [0.25, 0.3) is 0 Å². The fraction of sp³-hybridized carbons (Fsp3) is 0.474. The Bertz CT molecular complexity index is 720. The average molecular weight is 342 g/mol. The number of pyridine rings is 2. The van der Waals surface area contributed by atoms with Crippen molar-refractivity contribution < 1.29 is 9.84 Å². The lowest BCUT2D eigenvalue weighted by molar-refractivity contribution is 0.196. The van der Waals surface area contributed by atoms with Gasteiger partial charge in [0.25, 0.3) is 0 Å². The number of likely N-dealkylation sites (tertiary alicyclic amines) is 1. The van der Waals surface area contributed by atoms with Gasteiger partial charge in [-0.15, -0.1) is 0 Å². The summed E-state index contributed by atoms with van der Waals surface area (Å²) in [4.78, 5) is 13.2. The van der Waals surface area contributed by atoms with Crippen molar-refractivity contribution in [2.24, 2.45) is 0 Å². The number of ether oxygens (including phenoxy) is 1. The first-order valence-electron chi connectivity index (χ1n) is 8.64. The van der Waals surface area contributed by atoms with Crippen LogP contribution < -0.4 is 4.74 Å². The van der Waals surface area contributed by atoms with E-state index in [9.17, 15) is 5.11 Å². The van der Waals surface area contributed by atoms with E-state index in [0.717, 1.165) is 48.9 Å². The Kier molecular flexibility index (Phi) is 5.50.